The molecule has 0 saturated carbocycles. The summed E-state index contributed by atoms with van der Waals surface area (Å²) in [5.74, 6) is 1.77. The minimum atomic E-state index is -3.45. The third kappa shape index (κ3) is 3.95. The van der Waals surface area contributed by atoms with Crippen molar-refractivity contribution in [3.8, 4) is 17.2 Å². The maximum Gasteiger partial charge on any atom is 0.243 e. The van der Waals surface area contributed by atoms with E-state index in [1.807, 2.05) is 18.2 Å². The Bertz CT molecular complexity index is 813. The molecule has 1 N–H and O–H groups in total. The van der Waals surface area contributed by atoms with Gasteiger partial charge in [0.05, 0.1) is 45.2 Å². The highest BCUT2D eigenvalue weighted by molar-refractivity contribution is 7.89. The van der Waals surface area contributed by atoms with Gasteiger partial charge in [0.2, 0.25) is 10.0 Å². The highest BCUT2D eigenvalue weighted by Gasteiger charge is 2.29. The number of methoxy groups -OCH3 is 1. The molecule has 6 nitrogen and oxygen atoms in total. The number of nitrogens with one attached hydrogen (secondary N) is 1. The van der Waals surface area contributed by atoms with E-state index in [2.05, 4.69) is 7.05 Å². The molecule has 25 heavy (non-hydrogen) atoms. The van der Waals surface area contributed by atoms with E-state index in [-0.39, 0.29) is 0 Å². The normalized spacial score (nSPS) is 16.6. The smallest absolute Gasteiger partial charge is 0.243 e. The summed E-state index contributed by atoms with van der Waals surface area (Å²) in [6.07, 6.45) is 0. The molecule has 0 unspecified atom stereocenters. The zero-order valence-corrected chi connectivity index (χ0v) is 15.3. The van der Waals surface area contributed by atoms with Crippen molar-refractivity contribution in [1.82, 2.24) is 4.31 Å². The number of rotatable bonds is 5. The van der Waals surface area contributed by atoms with Gasteiger partial charge < -0.3 is 14.4 Å². The van der Waals surface area contributed by atoms with Crippen molar-refractivity contribution >= 4 is 10.0 Å². The van der Waals surface area contributed by atoms with Crippen LogP contribution in [0.3, 0.4) is 0 Å². The van der Waals surface area contributed by atoms with Gasteiger partial charge in [-0.1, -0.05) is 12.1 Å². The second-order valence-electron chi connectivity index (χ2n) is 6.09. The molecule has 1 aliphatic heterocycles. The first-order valence-electron chi connectivity index (χ1n) is 8.23. The van der Waals surface area contributed by atoms with Crippen LogP contribution in [0.25, 0.3) is 0 Å². The largest absolute Gasteiger partial charge is 0.493 e. The van der Waals surface area contributed by atoms with E-state index in [0.29, 0.717) is 35.2 Å². The van der Waals surface area contributed by atoms with Crippen molar-refractivity contribution in [2.24, 2.45) is 0 Å². The SMILES string of the molecule is COc1ccccc1Oc1ccc(S(=O)(=O)N2CC[NH+](C)CC2)cc1. The molecule has 0 atom stereocenters. The molecule has 0 aliphatic carbocycles. The van der Waals surface area contributed by atoms with E-state index < -0.39 is 10.0 Å². The summed E-state index contributed by atoms with van der Waals surface area (Å²) in [5, 5.41) is 0. The van der Waals surface area contributed by atoms with Crippen LogP contribution >= 0.6 is 0 Å². The lowest BCUT2D eigenvalue weighted by Gasteiger charge is -2.29. The zero-order valence-electron chi connectivity index (χ0n) is 14.4. The van der Waals surface area contributed by atoms with Crippen LogP contribution in [0.1, 0.15) is 0 Å². The van der Waals surface area contributed by atoms with Gasteiger partial charge in [0.1, 0.15) is 5.75 Å². The lowest BCUT2D eigenvalue weighted by molar-refractivity contribution is -0.883. The van der Waals surface area contributed by atoms with Crippen LogP contribution in [0.4, 0.5) is 0 Å². The lowest BCUT2D eigenvalue weighted by atomic mass is 10.3. The van der Waals surface area contributed by atoms with Gasteiger partial charge >= 0.3 is 0 Å². The Morgan fingerprint density at radius 1 is 0.960 bits per heavy atom. The molecule has 1 saturated heterocycles. The van der Waals surface area contributed by atoms with Crippen LogP contribution < -0.4 is 14.4 Å². The Morgan fingerprint density at radius 3 is 2.16 bits per heavy atom. The topological polar surface area (TPSA) is 60.3 Å². The molecule has 0 amide bonds. The van der Waals surface area contributed by atoms with Crippen LogP contribution in [0.2, 0.25) is 0 Å². The van der Waals surface area contributed by atoms with Crippen LogP contribution in [0, 0.1) is 0 Å². The maximum atomic E-state index is 12.7. The van der Waals surface area contributed by atoms with Crippen LogP contribution in [-0.2, 0) is 10.0 Å². The number of para-hydroxylation sites is 2. The molecule has 134 valence electrons. The number of ether oxygens (including phenoxy) is 2. The first kappa shape index (κ1) is 17.7. The molecule has 3 rings (SSSR count). The van der Waals surface area contributed by atoms with Gasteiger partial charge in [-0.25, -0.2) is 8.42 Å². The Kier molecular flexibility index (Phi) is 5.27. The van der Waals surface area contributed by atoms with E-state index in [1.165, 1.54) is 4.90 Å². The average Bonchev–Trinajstić information content (AvgIpc) is 2.63. The van der Waals surface area contributed by atoms with Crippen molar-refractivity contribution in [3.63, 3.8) is 0 Å². The Labute approximate surface area is 148 Å². The first-order chi connectivity index (χ1) is 12.0. The highest BCUT2D eigenvalue weighted by atomic mass is 32.2. The van der Waals surface area contributed by atoms with Gasteiger partial charge in [-0.15, -0.1) is 0 Å². The van der Waals surface area contributed by atoms with Crippen molar-refractivity contribution < 1.29 is 22.8 Å². The van der Waals surface area contributed by atoms with E-state index in [4.69, 9.17) is 9.47 Å². The molecule has 0 radical (unpaired) electrons. The fraction of sp³-hybridized carbons (Fsp3) is 0.333. The summed E-state index contributed by atoms with van der Waals surface area (Å²) in [4.78, 5) is 1.64. The number of benzene rings is 2. The monoisotopic (exact) mass is 363 g/mol. The van der Waals surface area contributed by atoms with Crippen molar-refractivity contribution in [2.45, 2.75) is 4.90 Å². The van der Waals surface area contributed by atoms with E-state index >= 15 is 0 Å². The van der Waals surface area contributed by atoms with E-state index in [0.717, 1.165) is 13.1 Å². The fourth-order valence-electron chi connectivity index (χ4n) is 2.77. The molecule has 2 aromatic carbocycles. The highest BCUT2D eigenvalue weighted by Crippen LogP contribution is 2.31. The first-order valence-corrected chi connectivity index (χ1v) is 9.67. The number of likely N-dealkylation sites (N-methyl/N-ethyl adjacent to an activating group) is 1. The number of sulfonamides is 1. The second-order valence-corrected chi connectivity index (χ2v) is 8.02. The summed E-state index contributed by atoms with van der Waals surface area (Å²) in [6.45, 7) is 2.75. The summed E-state index contributed by atoms with van der Waals surface area (Å²) in [6, 6.07) is 13.8. The number of hydrogen-bond donors (Lipinski definition) is 1. The third-order valence-electron chi connectivity index (χ3n) is 4.33. The number of hydrogen-bond acceptors (Lipinski definition) is 4. The molecular weight excluding hydrogens is 340 g/mol. The number of nitrogens with zero attached hydrogens (tertiary/aromatic N) is 1. The molecule has 1 fully saturated rings. The van der Waals surface area contributed by atoms with Gasteiger partial charge in [-0.05, 0) is 36.4 Å². The zero-order chi connectivity index (χ0) is 17.9. The molecule has 0 spiro atoms. The third-order valence-corrected chi connectivity index (χ3v) is 6.25. The van der Waals surface area contributed by atoms with Gasteiger partial charge in [0, 0.05) is 0 Å². The minimum absolute atomic E-state index is 0.291. The van der Waals surface area contributed by atoms with E-state index in [9.17, 15) is 8.42 Å². The Morgan fingerprint density at radius 2 is 1.56 bits per heavy atom. The minimum Gasteiger partial charge on any atom is -0.493 e. The predicted octanol–water partition coefficient (Wildman–Crippen LogP) is 1.01. The molecule has 0 aromatic heterocycles. The van der Waals surface area contributed by atoms with Gasteiger partial charge in [-0.2, -0.15) is 4.31 Å². The number of quaternary nitrogens is 1. The fourth-order valence-corrected chi connectivity index (χ4v) is 4.21. The Balaban J connectivity index is 1.75. The van der Waals surface area contributed by atoms with Crippen LogP contribution in [-0.4, -0.2) is 53.1 Å². The summed E-state index contributed by atoms with van der Waals surface area (Å²) in [7, 11) is 0.208. The quantitative estimate of drug-likeness (QED) is 0.861. The van der Waals surface area contributed by atoms with Gasteiger partial charge in [0.25, 0.3) is 0 Å². The van der Waals surface area contributed by atoms with Crippen molar-refractivity contribution in [3.05, 3.63) is 48.5 Å². The van der Waals surface area contributed by atoms with Crippen molar-refractivity contribution in [1.29, 1.82) is 0 Å². The van der Waals surface area contributed by atoms with Gasteiger partial charge in [0.15, 0.2) is 11.5 Å². The molecular formula is C18H23N2O4S+. The molecule has 7 heteroatoms. The lowest BCUT2D eigenvalue weighted by Crippen LogP contribution is -3.12. The van der Waals surface area contributed by atoms with Crippen molar-refractivity contribution in [2.75, 3.05) is 40.3 Å². The Hall–Kier alpha value is -2.09. The van der Waals surface area contributed by atoms with Gasteiger partial charge in [-0.3, -0.25) is 0 Å². The standard InChI is InChI=1S/C18H22N2O4S/c1-19-11-13-20(14-12-19)25(21,22)16-9-7-15(8-10-16)24-18-6-4-3-5-17(18)23-2/h3-10H,11-14H2,1-2H3/p+1. The second kappa shape index (κ2) is 7.43. The average molecular weight is 363 g/mol. The number of piperazine rings is 1. The molecule has 0 bridgehead atoms. The maximum absolute atomic E-state index is 12.7. The van der Waals surface area contributed by atoms with Crippen LogP contribution in [0.15, 0.2) is 53.4 Å². The molecule has 1 heterocycles. The summed E-state index contributed by atoms with van der Waals surface area (Å²) >= 11 is 0. The summed E-state index contributed by atoms with van der Waals surface area (Å²) in [5.41, 5.74) is 0. The molecule has 1 aliphatic rings. The molecule has 2 aromatic rings. The predicted molar refractivity (Wildman–Crippen MR) is 94.9 cm³/mol. The summed E-state index contributed by atoms with van der Waals surface area (Å²) < 4.78 is 38.0. The van der Waals surface area contributed by atoms with Crippen LogP contribution in [0.5, 0.6) is 17.2 Å². The van der Waals surface area contributed by atoms with E-state index in [1.54, 1.807) is 41.7 Å².